The summed E-state index contributed by atoms with van der Waals surface area (Å²) in [6, 6.07) is 18.6. The third kappa shape index (κ3) is 5.42. The number of carboxylic acid groups (broad SMARTS) is 1. The maximum atomic E-state index is 12.3. The highest BCUT2D eigenvalue weighted by Gasteiger charge is 2.27. The Morgan fingerprint density at radius 2 is 1.42 bits per heavy atom. The van der Waals surface area contributed by atoms with Gasteiger partial charge in [-0.3, -0.25) is 4.79 Å². The summed E-state index contributed by atoms with van der Waals surface area (Å²) < 4.78 is 5.25. The molecule has 2 aromatic rings. The first-order chi connectivity index (χ1) is 11.6. The first-order valence-corrected chi connectivity index (χ1v) is 8.35. The number of thiol groups is 1. The van der Waals surface area contributed by atoms with Crippen LogP contribution in [-0.2, 0) is 27.2 Å². The Bertz CT molecular complexity index is 658. The standard InChI is InChI=1S/C19H20O4S/c20-18(21)17(12-15-9-5-2-6-10-15)23-19(22)16(13-24)11-14-7-3-1-4-8-14/h1-10,16-17,24H,11-13H2,(H,20,21). The van der Waals surface area contributed by atoms with E-state index in [4.69, 9.17) is 4.74 Å². The van der Waals surface area contributed by atoms with E-state index in [1.807, 2.05) is 60.7 Å². The average Bonchev–Trinajstić information content (AvgIpc) is 2.60. The lowest BCUT2D eigenvalue weighted by molar-refractivity contribution is -0.166. The molecule has 0 radical (unpaired) electrons. The molecule has 0 heterocycles. The molecule has 0 amide bonds. The van der Waals surface area contributed by atoms with Crippen molar-refractivity contribution in [3.8, 4) is 0 Å². The maximum Gasteiger partial charge on any atom is 0.345 e. The molecule has 5 heteroatoms. The Kier molecular flexibility index (Phi) is 6.88. The van der Waals surface area contributed by atoms with Crippen LogP contribution in [0, 0.1) is 5.92 Å². The summed E-state index contributed by atoms with van der Waals surface area (Å²) in [5.41, 5.74) is 1.80. The van der Waals surface area contributed by atoms with Gasteiger partial charge in [-0.15, -0.1) is 0 Å². The fourth-order valence-corrected chi connectivity index (χ4v) is 2.64. The number of hydrogen-bond acceptors (Lipinski definition) is 4. The van der Waals surface area contributed by atoms with Gasteiger partial charge < -0.3 is 9.84 Å². The summed E-state index contributed by atoms with van der Waals surface area (Å²) in [6.45, 7) is 0. The first kappa shape index (κ1) is 18.1. The molecule has 0 spiro atoms. The summed E-state index contributed by atoms with van der Waals surface area (Å²) in [7, 11) is 0. The van der Waals surface area contributed by atoms with Gasteiger partial charge in [0.1, 0.15) is 0 Å². The van der Waals surface area contributed by atoms with Crippen LogP contribution in [0.5, 0.6) is 0 Å². The molecule has 1 N–H and O–H groups in total. The van der Waals surface area contributed by atoms with Crippen molar-refractivity contribution in [1.29, 1.82) is 0 Å². The van der Waals surface area contributed by atoms with E-state index in [1.54, 1.807) is 0 Å². The highest BCUT2D eigenvalue weighted by Crippen LogP contribution is 2.15. The first-order valence-electron chi connectivity index (χ1n) is 7.72. The molecule has 0 fully saturated rings. The van der Waals surface area contributed by atoms with Crippen molar-refractivity contribution in [3.05, 3.63) is 71.8 Å². The van der Waals surface area contributed by atoms with E-state index in [-0.39, 0.29) is 6.42 Å². The van der Waals surface area contributed by atoms with Crippen LogP contribution in [0.25, 0.3) is 0 Å². The van der Waals surface area contributed by atoms with Crippen molar-refractivity contribution in [1.82, 2.24) is 0 Å². The SMILES string of the molecule is O=C(OC(Cc1ccccc1)C(=O)O)C(CS)Cc1ccccc1. The summed E-state index contributed by atoms with van der Waals surface area (Å²) in [6.07, 6.45) is -0.578. The number of carbonyl (C=O) groups is 2. The molecular formula is C19H20O4S. The monoisotopic (exact) mass is 344 g/mol. The predicted octanol–water partition coefficient (Wildman–Crippen LogP) is 3.01. The third-order valence-electron chi connectivity index (χ3n) is 3.68. The van der Waals surface area contributed by atoms with Crippen LogP contribution in [0.15, 0.2) is 60.7 Å². The van der Waals surface area contributed by atoms with Gasteiger partial charge in [-0.05, 0) is 17.5 Å². The van der Waals surface area contributed by atoms with E-state index in [0.717, 1.165) is 11.1 Å². The number of ether oxygens (including phenoxy) is 1. The number of benzene rings is 2. The number of carboxylic acids is 1. The zero-order valence-corrected chi connectivity index (χ0v) is 14.1. The highest BCUT2D eigenvalue weighted by molar-refractivity contribution is 7.80. The quantitative estimate of drug-likeness (QED) is 0.571. The maximum absolute atomic E-state index is 12.3. The van der Waals surface area contributed by atoms with Gasteiger partial charge in [0.2, 0.25) is 6.10 Å². The van der Waals surface area contributed by atoms with Crippen molar-refractivity contribution in [2.45, 2.75) is 18.9 Å². The van der Waals surface area contributed by atoms with Crippen molar-refractivity contribution in [2.24, 2.45) is 5.92 Å². The van der Waals surface area contributed by atoms with Gasteiger partial charge in [0, 0.05) is 12.2 Å². The van der Waals surface area contributed by atoms with Crippen LogP contribution in [-0.4, -0.2) is 28.9 Å². The van der Waals surface area contributed by atoms with Crippen LogP contribution < -0.4 is 0 Å². The summed E-state index contributed by atoms with van der Waals surface area (Å²) in [4.78, 5) is 23.8. The zero-order valence-electron chi connectivity index (χ0n) is 13.2. The van der Waals surface area contributed by atoms with Crippen LogP contribution in [0.3, 0.4) is 0 Å². The number of hydrogen-bond donors (Lipinski definition) is 2. The molecule has 24 heavy (non-hydrogen) atoms. The van der Waals surface area contributed by atoms with Crippen LogP contribution >= 0.6 is 12.6 Å². The second-order valence-electron chi connectivity index (χ2n) is 5.52. The van der Waals surface area contributed by atoms with Crippen molar-refractivity contribution in [2.75, 3.05) is 5.75 Å². The predicted molar refractivity (Wildman–Crippen MR) is 95.2 cm³/mol. The number of esters is 1. The normalized spacial score (nSPS) is 13.0. The minimum absolute atomic E-state index is 0.145. The van der Waals surface area contributed by atoms with E-state index in [1.165, 1.54) is 0 Å². The van der Waals surface area contributed by atoms with Crippen LogP contribution in [0.1, 0.15) is 11.1 Å². The smallest absolute Gasteiger partial charge is 0.345 e. The zero-order chi connectivity index (χ0) is 17.4. The fourth-order valence-electron chi connectivity index (χ4n) is 2.37. The molecule has 2 unspecified atom stereocenters. The topological polar surface area (TPSA) is 63.6 Å². The molecule has 0 saturated carbocycles. The Morgan fingerprint density at radius 1 is 0.917 bits per heavy atom. The second kappa shape index (κ2) is 9.13. The summed E-state index contributed by atoms with van der Waals surface area (Å²) in [5.74, 6) is -1.86. The third-order valence-corrected chi connectivity index (χ3v) is 4.12. The lowest BCUT2D eigenvalue weighted by Crippen LogP contribution is -2.33. The molecule has 0 aromatic heterocycles. The Morgan fingerprint density at radius 3 is 1.88 bits per heavy atom. The van der Waals surface area contributed by atoms with Crippen molar-refractivity contribution < 1.29 is 19.4 Å². The molecule has 2 aromatic carbocycles. The van der Waals surface area contributed by atoms with E-state index >= 15 is 0 Å². The van der Waals surface area contributed by atoms with Crippen molar-refractivity contribution in [3.63, 3.8) is 0 Å². The van der Waals surface area contributed by atoms with Gasteiger partial charge in [0.25, 0.3) is 0 Å². The van der Waals surface area contributed by atoms with Gasteiger partial charge in [-0.1, -0.05) is 60.7 Å². The van der Waals surface area contributed by atoms with Crippen molar-refractivity contribution >= 4 is 24.6 Å². The van der Waals surface area contributed by atoms with Crippen LogP contribution in [0.4, 0.5) is 0 Å². The molecular weight excluding hydrogens is 324 g/mol. The van der Waals surface area contributed by atoms with Gasteiger partial charge in [-0.2, -0.15) is 12.6 Å². The molecule has 0 aliphatic carbocycles. The molecule has 0 aliphatic rings. The fraction of sp³-hybridized carbons (Fsp3) is 0.263. The minimum atomic E-state index is -1.20. The van der Waals surface area contributed by atoms with Gasteiger partial charge in [0.15, 0.2) is 0 Å². The highest BCUT2D eigenvalue weighted by atomic mass is 32.1. The van der Waals surface area contributed by atoms with E-state index < -0.39 is 24.0 Å². The molecule has 0 aliphatic heterocycles. The lowest BCUT2D eigenvalue weighted by Gasteiger charge is -2.18. The molecule has 0 bridgehead atoms. The molecule has 4 nitrogen and oxygen atoms in total. The number of carbonyl (C=O) groups excluding carboxylic acids is 1. The molecule has 126 valence electrons. The number of rotatable bonds is 8. The molecule has 2 rings (SSSR count). The summed E-state index contributed by atoms with van der Waals surface area (Å²) >= 11 is 4.21. The van der Waals surface area contributed by atoms with Gasteiger partial charge in [-0.25, -0.2) is 4.79 Å². The van der Waals surface area contributed by atoms with E-state index in [2.05, 4.69) is 12.6 Å². The Balaban J connectivity index is 2.01. The minimum Gasteiger partial charge on any atom is -0.478 e. The number of aliphatic carboxylic acids is 1. The van der Waals surface area contributed by atoms with E-state index in [0.29, 0.717) is 12.2 Å². The lowest BCUT2D eigenvalue weighted by atomic mass is 10.0. The average molecular weight is 344 g/mol. The molecule has 0 saturated heterocycles. The largest absolute Gasteiger partial charge is 0.478 e. The second-order valence-corrected chi connectivity index (χ2v) is 5.89. The van der Waals surface area contributed by atoms with E-state index in [9.17, 15) is 14.7 Å². The Hall–Kier alpha value is -2.27. The van der Waals surface area contributed by atoms with Gasteiger partial charge >= 0.3 is 11.9 Å². The van der Waals surface area contributed by atoms with Gasteiger partial charge in [0.05, 0.1) is 5.92 Å². The summed E-state index contributed by atoms with van der Waals surface area (Å²) in [5, 5.41) is 9.33. The Labute approximate surface area is 146 Å². The molecule has 2 atom stereocenters. The van der Waals surface area contributed by atoms with Crippen LogP contribution in [0.2, 0.25) is 0 Å².